The van der Waals surface area contributed by atoms with Gasteiger partial charge < -0.3 is 5.32 Å². The molecule has 8 nitrogen and oxygen atoms in total. The number of nitrogens with one attached hydrogen (secondary N) is 1. The largest absolute Gasteiger partial charge is 0.356 e. The van der Waals surface area contributed by atoms with E-state index < -0.39 is 0 Å². The van der Waals surface area contributed by atoms with Crippen LogP contribution < -0.4 is 14.3 Å². The molecule has 1 unspecified atom stereocenters. The Morgan fingerprint density at radius 1 is 1.30 bits per heavy atom. The first-order valence-electron chi connectivity index (χ1n) is 8.88. The summed E-state index contributed by atoms with van der Waals surface area (Å²) >= 11 is 6.46. The first-order chi connectivity index (χ1) is 12.4. The Hall–Kier alpha value is -2.03. The molecule has 27 heavy (non-hydrogen) atoms. The first kappa shape index (κ1) is 21.3. The molecule has 1 atom stereocenters. The van der Waals surface area contributed by atoms with Crippen LogP contribution in [0, 0.1) is 5.92 Å². The van der Waals surface area contributed by atoms with Crippen molar-refractivity contribution in [3.05, 3.63) is 23.6 Å². The summed E-state index contributed by atoms with van der Waals surface area (Å²) in [5.74, 6) is 1.64. The van der Waals surface area contributed by atoms with Crippen LogP contribution in [0.15, 0.2) is 18.6 Å². The van der Waals surface area contributed by atoms with Crippen LogP contribution >= 0.6 is 11.6 Å². The molecule has 0 saturated heterocycles. The van der Waals surface area contributed by atoms with Crippen LogP contribution in [0.2, 0.25) is 5.02 Å². The molecule has 0 spiro atoms. The van der Waals surface area contributed by atoms with Gasteiger partial charge >= 0.3 is 5.95 Å². The van der Waals surface area contributed by atoms with Crippen LogP contribution in [-0.4, -0.2) is 66.9 Å². The average molecular weight is 396 g/mol. The summed E-state index contributed by atoms with van der Waals surface area (Å²) in [5.41, 5.74) is 0.982. The fourth-order valence-electron chi connectivity index (χ4n) is 3.10. The molecule has 0 aliphatic heterocycles. The van der Waals surface area contributed by atoms with Crippen LogP contribution in [-0.2, 0) is 11.8 Å². The van der Waals surface area contributed by atoms with Gasteiger partial charge in [-0.1, -0.05) is 18.5 Å². The van der Waals surface area contributed by atoms with Gasteiger partial charge in [-0.15, -0.1) is 4.98 Å². The number of halogens is 1. The minimum absolute atomic E-state index is 0.0231. The molecule has 0 radical (unpaired) electrons. The molecule has 9 heteroatoms. The second-order valence-corrected chi connectivity index (χ2v) is 8.48. The minimum atomic E-state index is -0.0231. The predicted molar refractivity (Wildman–Crippen MR) is 110 cm³/mol. The van der Waals surface area contributed by atoms with E-state index in [9.17, 15) is 4.79 Å². The van der Waals surface area contributed by atoms with Gasteiger partial charge in [0.15, 0.2) is 5.69 Å². The normalized spacial score (nSPS) is 13.5. The Morgan fingerprint density at radius 2 is 1.96 bits per heavy atom. The molecule has 148 valence electrons. The summed E-state index contributed by atoms with van der Waals surface area (Å²) in [6, 6.07) is 0. The second kappa shape index (κ2) is 7.92. The SMILES string of the molecule is CC(=O)NCC(C)C[N+](C)(C)c1nc([N+](C)(C)c2cnn(C)c2)ncc1Cl. The van der Waals surface area contributed by atoms with Crippen molar-refractivity contribution in [3.63, 3.8) is 0 Å². The Bertz CT molecular complexity index is 816. The monoisotopic (exact) mass is 395 g/mol. The lowest BCUT2D eigenvalue weighted by Gasteiger charge is -2.32. The van der Waals surface area contributed by atoms with Crippen LogP contribution in [0.5, 0.6) is 0 Å². The number of amides is 1. The third-order valence-corrected chi connectivity index (χ3v) is 4.86. The van der Waals surface area contributed by atoms with Gasteiger partial charge in [0.1, 0.15) is 11.2 Å². The lowest BCUT2D eigenvalue weighted by atomic mass is 10.1. The van der Waals surface area contributed by atoms with Crippen molar-refractivity contribution in [1.82, 2.24) is 34.0 Å². The van der Waals surface area contributed by atoms with E-state index in [4.69, 9.17) is 16.6 Å². The Morgan fingerprint density at radius 3 is 2.52 bits per heavy atom. The maximum atomic E-state index is 11.2. The van der Waals surface area contributed by atoms with Crippen molar-refractivity contribution >= 4 is 35.0 Å². The van der Waals surface area contributed by atoms with Crippen LogP contribution in [0.1, 0.15) is 13.8 Å². The van der Waals surface area contributed by atoms with Crippen molar-refractivity contribution in [1.29, 1.82) is 0 Å². The minimum Gasteiger partial charge on any atom is -0.356 e. The molecule has 2 rings (SSSR count). The molecule has 0 aliphatic rings. The standard InChI is InChI=1S/C18H29ClN7O/c1-13(8-20-14(2)27)12-25(4,5)17-16(19)10-21-18(23-17)26(6,7)15-9-22-24(3)11-15/h9-11,13H,8,12H2,1-7H3/q+1/p+1. The number of quaternary nitrogens is 2. The van der Waals surface area contributed by atoms with Gasteiger partial charge in [-0.3, -0.25) is 14.0 Å². The fourth-order valence-corrected chi connectivity index (χ4v) is 3.42. The van der Waals surface area contributed by atoms with Gasteiger partial charge in [0, 0.05) is 26.4 Å². The van der Waals surface area contributed by atoms with Crippen LogP contribution in [0.25, 0.3) is 0 Å². The average Bonchev–Trinajstić information content (AvgIpc) is 3.00. The summed E-state index contributed by atoms with van der Waals surface area (Å²) in [6.45, 7) is 5.01. The zero-order valence-corrected chi connectivity index (χ0v) is 17.9. The first-order valence-corrected chi connectivity index (χ1v) is 9.25. The van der Waals surface area contributed by atoms with Gasteiger partial charge in [0.2, 0.25) is 5.91 Å². The number of nitrogens with zero attached hydrogens (tertiary/aromatic N) is 6. The summed E-state index contributed by atoms with van der Waals surface area (Å²) in [5, 5.41) is 7.65. The van der Waals surface area contributed by atoms with E-state index in [0.29, 0.717) is 26.5 Å². The van der Waals surface area contributed by atoms with E-state index in [2.05, 4.69) is 36.4 Å². The van der Waals surface area contributed by atoms with Crippen molar-refractivity contribution in [2.24, 2.45) is 13.0 Å². The molecule has 0 aromatic carbocycles. The highest BCUT2D eigenvalue weighted by Crippen LogP contribution is 2.33. The zero-order valence-electron chi connectivity index (χ0n) is 17.2. The Labute approximate surface area is 166 Å². The molecular formula is C18H30ClN7O+2. The number of hydrogen-bond donors (Lipinski definition) is 1. The summed E-state index contributed by atoms with van der Waals surface area (Å²) in [4.78, 5) is 20.5. The van der Waals surface area contributed by atoms with E-state index in [1.165, 1.54) is 6.92 Å². The van der Waals surface area contributed by atoms with Crippen molar-refractivity contribution in [3.8, 4) is 0 Å². The highest BCUT2D eigenvalue weighted by atomic mass is 35.5. The van der Waals surface area contributed by atoms with E-state index in [1.54, 1.807) is 10.9 Å². The molecule has 0 fully saturated rings. The third-order valence-electron chi connectivity index (χ3n) is 4.59. The van der Waals surface area contributed by atoms with Crippen LogP contribution in [0.3, 0.4) is 0 Å². The molecule has 1 N–H and O–H groups in total. The summed E-state index contributed by atoms with van der Waals surface area (Å²) in [6.07, 6.45) is 5.42. The van der Waals surface area contributed by atoms with Gasteiger partial charge in [0.05, 0.1) is 47.1 Å². The molecule has 1 amide bonds. The lowest BCUT2D eigenvalue weighted by Crippen LogP contribution is -2.47. The van der Waals surface area contributed by atoms with E-state index in [0.717, 1.165) is 18.1 Å². The highest BCUT2D eigenvalue weighted by molar-refractivity contribution is 6.32. The highest BCUT2D eigenvalue weighted by Gasteiger charge is 2.33. The fraction of sp³-hybridized carbons (Fsp3) is 0.556. The number of carbonyl (C=O) groups excluding carboxylic acids is 1. The molecule has 2 heterocycles. The van der Waals surface area contributed by atoms with E-state index in [1.807, 2.05) is 33.5 Å². The van der Waals surface area contributed by atoms with Gasteiger partial charge in [-0.25, -0.2) is 4.48 Å². The van der Waals surface area contributed by atoms with E-state index >= 15 is 0 Å². The smallest absolute Gasteiger partial charge is 0.338 e. The Kier molecular flexibility index (Phi) is 6.24. The maximum Gasteiger partial charge on any atom is 0.338 e. The maximum absolute atomic E-state index is 11.2. The zero-order chi connectivity index (χ0) is 20.4. The van der Waals surface area contributed by atoms with E-state index in [-0.39, 0.29) is 11.8 Å². The van der Waals surface area contributed by atoms with Gasteiger partial charge in [-0.05, 0) is 0 Å². The van der Waals surface area contributed by atoms with Gasteiger partial charge in [0.25, 0.3) is 5.82 Å². The summed E-state index contributed by atoms with van der Waals surface area (Å²) in [7, 11) is 10.0. The number of aromatic nitrogens is 4. The molecule has 2 aromatic heterocycles. The van der Waals surface area contributed by atoms with Gasteiger partial charge in [-0.2, -0.15) is 10.1 Å². The molecule has 0 bridgehead atoms. The number of carbonyl (C=O) groups is 1. The number of hydrogen-bond acceptors (Lipinski definition) is 4. The molecule has 0 aliphatic carbocycles. The predicted octanol–water partition coefficient (Wildman–Crippen LogP) is 2.10. The Balaban J connectivity index is 2.31. The lowest BCUT2D eigenvalue weighted by molar-refractivity contribution is -0.119. The van der Waals surface area contributed by atoms with Crippen molar-refractivity contribution in [2.45, 2.75) is 13.8 Å². The second-order valence-electron chi connectivity index (χ2n) is 8.08. The van der Waals surface area contributed by atoms with Crippen LogP contribution in [0.4, 0.5) is 17.5 Å². The van der Waals surface area contributed by atoms with Crippen molar-refractivity contribution in [2.75, 3.05) is 41.3 Å². The summed E-state index contributed by atoms with van der Waals surface area (Å²) < 4.78 is 2.61. The molecule has 2 aromatic rings. The van der Waals surface area contributed by atoms with Crippen molar-refractivity contribution < 1.29 is 4.79 Å². The third kappa shape index (κ3) is 5.03. The quantitative estimate of drug-likeness (QED) is 0.728. The number of rotatable bonds is 7. The number of aryl methyl sites for hydroxylation is 1. The topological polar surface area (TPSA) is 72.7 Å². The molecular weight excluding hydrogens is 366 g/mol. The molecule has 0 saturated carbocycles.